The molecule has 1 fully saturated rings. The van der Waals surface area contributed by atoms with Gasteiger partial charge in [0, 0.05) is 6.42 Å². The predicted octanol–water partition coefficient (Wildman–Crippen LogP) is 0.503. The van der Waals surface area contributed by atoms with Crippen LogP contribution in [0.25, 0.3) is 11.2 Å². The topological polar surface area (TPSA) is 151 Å². The Morgan fingerprint density at radius 2 is 2.35 bits per heavy atom. The number of rotatable bonds is 5. The molecule has 0 saturated carbocycles. The summed E-state index contributed by atoms with van der Waals surface area (Å²) < 4.78 is 24.2. The fourth-order valence-corrected chi connectivity index (χ4v) is 3.36. The summed E-state index contributed by atoms with van der Waals surface area (Å²) in [5.74, 6) is 0.255. The second kappa shape index (κ2) is 6.34. The number of aromatic nitrogens is 4. The van der Waals surface area contributed by atoms with Crippen molar-refractivity contribution in [3.8, 4) is 0 Å². The molecule has 4 atom stereocenters. The van der Waals surface area contributed by atoms with Gasteiger partial charge in [0.15, 0.2) is 17.7 Å². The van der Waals surface area contributed by atoms with Crippen molar-refractivity contribution in [3.63, 3.8) is 0 Å². The number of hydrogen-bond acceptors (Lipinski definition) is 9. The third kappa shape index (κ3) is 3.35. The molecule has 5 N–H and O–H groups in total. The van der Waals surface area contributed by atoms with Crippen molar-refractivity contribution in [1.82, 2.24) is 19.5 Å². The first-order valence-corrected chi connectivity index (χ1v) is 10.3. The van der Waals surface area contributed by atoms with Crippen molar-refractivity contribution in [2.45, 2.75) is 24.9 Å². The number of anilines is 1. The molecule has 0 aromatic carbocycles. The van der Waals surface area contributed by atoms with E-state index in [1.54, 1.807) is 10.8 Å². The molecule has 1 aliphatic heterocycles. The minimum Gasteiger partial charge on any atom is -0.388 e. The molecular weight excluding hydrogens is 343 g/mol. The number of aliphatic hydroxyl groups is 1. The minimum atomic E-state index is -3.17. The Morgan fingerprint density at radius 1 is 1.57 bits per heavy atom. The van der Waals surface area contributed by atoms with Crippen molar-refractivity contribution in [3.05, 3.63) is 12.7 Å². The maximum Gasteiger partial charge on any atom is 0.323 e. The molecule has 1 saturated heterocycles. The smallest absolute Gasteiger partial charge is 0.323 e. The van der Waals surface area contributed by atoms with E-state index in [-0.39, 0.29) is 12.4 Å². The van der Waals surface area contributed by atoms with E-state index in [4.69, 9.17) is 20.5 Å². The Morgan fingerprint density at radius 3 is 3.09 bits per heavy atom. The molecular formula is C11H17N6O4PS. The van der Waals surface area contributed by atoms with E-state index in [2.05, 4.69) is 15.0 Å². The van der Waals surface area contributed by atoms with Gasteiger partial charge in [-0.05, 0) is 6.26 Å². The molecule has 10 nitrogen and oxygen atoms in total. The Kier molecular flexibility index (Phi) is 4.59. The van der Waals surface area contributed by atoms with Crippen LogP contribution in [0.1, 0.15) is 12.6 Å². The average Bonchev–Trinajstić information content (AvgIpc) is 3.09. The number of aliphatic hydroxyl groups excluding tert-OH is 1. The highest BCUT2D eigenvalue weighted by Crippen LogP contribution is 2.50. The van der Waals surface area contributed by atoms with Gasteiger partial charge in [-0.15, -0.1) is 0 Å². The first-order valence-electron chi connectivity index (χ1n) is 6.76. The van der Waals surface area contributed by atoms with Gasteiger partial charge in [0.05, 0.1) is 19.0 Å². The van der Waals surface area contributed by atoms with Gasteiger partial charge in [-0.2, -0.15) is 0 Å². The maximum atomic E-state index is 11.7. The molecule has 0 bridgehead atoms. The number of nitrogen functional groups attached to an aromatic ring is 1. The van der Waals surface area contributed by atoms with Crippen LogP contribution in [0.2, 0.25) is 0 Å². The van der Waals surface area contributed by atoms with E-state index >= 15 is 0 Å². The summed E-state index contributed by atoms with van der Waals surface area (Å²) in [5.41, 5.74) is 12.1. The van der Waals surface area contributed by atoms with Crippen molar-refractivity contribution < 1.29 is 18.9 Å². The lowest BCUT2D eigenvalue weighted by atomic mass is 10.2. The molecule has 126 valence electrons. The van der Waals surface area contributed by atoms with Gasteiger partial charge >= 0.3 is 6.72 Å². The lowest BCUT2D eigenvalue weighted by molar-refractivity contribution is -0.0452. The largest absolute Gasteiger partial charge is 0.388 e. The normalized spacial score (nSPS) is 27.3. The summed E-state index contributed by atoms with van der Waals surface area (Å²) in [7, 11) is 0. The molecule has 2 aromatic heterocycles. The monoisotopic (exact) mass is 360 g/mol. The first-order chi connectivity index (χ1) is 10.9. The van der Waals surface area contributed by atoms with Gasteiger partial charge in [-0.3, -0.25) is 14.6 Å². The number of hydrogen-bond donors (Lipinski definition) is 3. The molecule has 0 spiro atoms. The molecule has 3 heterocycles. The van der Waals surface area contributed by atoms with Crippen molar-refractivity contribution >= 4 is 35.1 Å². The van der Waals surface area contributed by atoms with Gasteiger partial charge in [0.25, 0.3) is 0 Å². The van der Waals surface area contributed by atoms with E-state index in [0.717, 1.165) is 11.4 Å². The van der Waals surface area contributed by atoms with Crippen molar-refractivity contribution in [1.29, 1.82) is 0 Å². The third-order valence-corrected chi connectivity index (χ3v) is 6.38. The highest BCUT2D eigenvalue weighted by molar-refractivity contribution is 8.55. The summed E-state index contributed by atoms with van der Waals surface area (Å²) in [6, 6.07) is 0. The van der Waals surface area contributed by atoms with Crippen LogP contribution in [0.5, 0.6) is 0 Å². The lowest BCUT2D eigenvalue weighted by Gasteiger charge is -2.17. The van der Waals surface area contributed by atoms with Crippen LogP contribution in [0.15, 0.2) is 12.7 Å². The first kappa shape index (κ1) is 16.6. The zero-order valence-corrected chi connectivity index (χ0v) is 14.0. The SMILES string of the molecule is CSP(N)(=O)OC[C@@H]1C[C@@H](O)[C@H](n2cnc3c(N)ncnc32)O1. The Bertz CT molecular complexity index is 757. The average molecular weight is 360 g/mol. The van der Waals surface area contributed by atoms with Crippen LogP contribution >= 0.6 is 18.1 Å². The van der Waals surface area contributed by atoms with Crippen molar-refractivity contribution in [2.75, 3.05) is 18.6 Å². The van der Waals surface area contributed by atoms with Crippen LogP contribution < -0.4 is 11.2 Å². The van der Waals surface area contributed by atoms with E-state index in [9.17, 15) is 9.67 Å². The van der Waals surface area contributed by atoms with Gasteiger partial charge in [0.1, 0.15) is 17.9 Å². The number of fused-ring (bicyclic) bond motifs is 1. The summed E-state index contributed by atoms with van der Waals surface area (Å²) in [5, 5.41) is 10.2. The standard InChI is InChI=1S/C11H17N6O4PS/c1-23-22(13,19)20-3-6-2-7(18)11(21-6)17-5-16-8-9(12)14-4-15-10(8)17/h4-7,11,18H,2-3H2,1H3,(H2,13,19)(H2,12,14,15)/t6-,7+,11+,22?/m0/s1. The number of nitrogens with zero attached hydrogens (tertiary/aromatic N) is 4. The van der Waals surface area contributed by atoms with Crippen LogP contribution in [0, 0.1) is 0 Å². The molecule has 12 heteroatoms. The van der Waals surface area contributed by atoms with E-state index < -0.39 is 25.2 Å². The lowest BCUT2D eigenvalue weighted by Crippen LogP contribution is -2.19. The van der Waals surface area contributed by atoms with Crippen LogP contribution in [0.4, 0.5) is 5.82 Å². The van der Waals surface area contributed by atoms with E-state index in [1.165, 1.54) is 12.7 Å². The number of imidazole rings is 1. The molecule has 3 rings (SSSR count). The predicted molar refractivity (Wildman–Crippen MR) is 85.5 cm³/mol. The van der Waals surface area contributed by atoms with Crippen LogP contribution in [-0.2, 0) is 13.8 Å². The third-order valence-electron chi connectivity index (χ3n) is 3.52. The molecule has 1 aliphatic rings. The van der Waals surface area contributed by atoms with Crippen LogP contribution in [-0.4, -0.2) is 49.7 Å². The summed E-state index contributed by atoms with van der Waals surface area (Å²) in [6.07, 6.45) is 2.83. The fraction of sp³-hybridized carbons (Fsp3) is 0.545. The maximum absolute atomic E-state index is 11.7. The summed E-state index contributed by atoms with van der Waals surface area (Å²) in [4.78, 5) is 12.1. The second-order valence-corrected chi connectivity index (χ2v) is 9.38. The molecule has 1 unspecified atom stereocenters. The highest BCUT2D eigenvalue weighted by atomic mass is 32.7. The van der Waals surface area contributed by atoms with E-state index in [0.29, 0.717) is 17.6 Å². The zero-order valence-electron chi connectivity index (χ0n) is 12.3. The summed E-state index contributed by atoms with van der Waals surface area (Å²) in [6.45, 7) is -3.14. The minimum absolute atomic E-state index is 0.0337. The summed E-state index contributed by atoms with van der Waals surface area (Å²) >= 11 is 0.960. The second-order valence-electron chi connectivity index (χ2n) is 5.05. The van der Waals surface area contributed by atoms with Gasteiger partial charge in [0.2, 0.25) is 0 Å². The van der Waals surface area contributed by atoms with Gasteiger partial charge < -0.3 is 20.1 Å². The molecule has 23 heavy (non-hydrogen) atoms. The zero-order chi connectivity index (χ0) is 16.6. The highest BCUT2D eigenvalue weighted by Gasteiger charge is 2.37. The van der Waals surface area contributed by atoms with Gasteiger partial charge in [-0.1, -0.05) is 11.4 Å². The molecule has 2 aromatic rings. The molecule has 0 radical (unpaired) electrons. The fourth-order valence-electron chi connectivity index (χ4n) is 2.38. The van der Waals surface area contributed by atoms with E-state index in [1.807, 2.05) is 0 Å². The quantitative estimate of drug-likeness (QED) is 0.643. The number of ether oxygens (including phenoxy) is 1. The van der Waals surface area contributed by atoms with Gasteiger partial charge in [-0.25, -0.2) is 15.0 Å². The Balaban J connectivity index is 1.76. The van der Waals surface area contributed by atoms with Crippen molar-refractivity contribution in [2.24, 2.45) is 5.50 Å². The Labute approximate surface area is 135 Å². The van der Waals surface area contributed by atoms with Crippen LogP contribution in [0.3, 0.4) is 0 Å². The Hall–Kier alpha value is -1.23. The molecule has 0 aliphatic carbocycles. The number of nitrogens with two attached hydrogens (primary N) is 2. The molecule has 0 amide bonds.